The first-order valence-corrected chi connectivity index (χ1v) is 11.7. The molecule has 2 N–H and O–H groups in total. The van der Waals surface area contributed by atoms with Crippen molar-refractivity contribution in [1.82, 2.24) is 20.4 Å². The number of amides is 1. The zero-order chi connectivity index (χ0) is 22.1. The number of para-hydroxylation sites is 1. The number of likely N-dealkylation sites (N-methyl/N-ethyl adjacent to an activating group) is 1. The van der Waals surface area contributed by atoms with Crippen molar-refractivity contribution in [2.75, 3.05) is 47.4 Å². The summed E-state index contributed by atoms with van der Waals surface area (Å²) in [5, 5.41) is 7.15. The van der Waals surface area contributed by atoms with Crippen LogP contribution in [0.3, 0.4) is 0 Å². The molecule has 0 bridgehead atoms. The number of guanidine groups is 1. The third kappa shape index (κ3) is 7.79. The molecule has 7 nitrogen and oxygen atoms in total. The number of hydrogen-bond acceptors (Lipinski definition) is 4. The van der Waals surface area contributed by atoms with Crippen molar-refractivity contribution in [2.24, 2.45) is 4.99 Å². The Hall–Kier alpha value is -1.55. The minimum absolute atomic E-state index is 0. The van der Waals surface area contributed by atoms with Crippen molar-refractivity contribution in [2.45, 2.75) is 57.0 Å². The van der Waals surface area contributed by atoms with Gasteiger partial charge in [0.2, 0.25) is 5.91 Å². The second kappa shape index (κ2) is 13.9. The highest BCUT2D eigenvalue weighted by atomic mass is 127. The normalized spacial score (nSPS) is 18.5. The van der Waals surface area contributed by atoms with E-state index in [9.17, 15) is 4.79 Å². The third-order valence-electron chi connectivity index (χ3n) is 6.36. The van der Waals surface area contributed by atoms with Gasteiger partial charge in [-0.25, -0.2) is 4.99 Å². The Morgan fingerprint density at radius 1 is 1.16 bits per heavy atom. The predicted molar refractivity (Wildman–Crippen MR) is 141 cm³/mol. The number of methoxy groups -OCH3 is 1. The largest absolute Gasteiger partial charge is 0.496 e. The molecule has 2 fully saturated rings. The highest BCUT2D eigenvalue weighted by Crippen LogP contribution is 2.31. The quantitative estimate of drug-likeness (QED) is 0.292. The van der Waals surface area contributed by atoms with Crippen LogP contribution in [0.5, 0.6) is 5.75 Å². The van der Waals surface area contributed by atoms with Crippen LogP contribution in [-0.4, -0.2) is 75.1 Å². The number of benzene rings is 1. The Balaban J connectivity index is 0.00000363. The van der Waals surface area contributed by atoms with Gasteiger partial charge in [0.1, 0.15) is 12.3 Å². The van der Waals surface area contributed by atoms with E-state index in [-0.39, 0.29) is 42.5 Å². The lowest BCUT2D eigenvalue weighted by molar-refractivity contribution is -0.127. The van der Waals surface area contributed by atoms with E-state index in [1.807, 2.05) is 12.1 Å². The van der Waals surface area contributed by atoms with Gasteiger partial charge >= 0.3 is 0 Å². The van der Waals surface area contributed by atoms with Gasteiger partial charge in [-0.05, 0) is 44.8 Å². The lowest BCUT2D eigenvalue weighted by atomic mass is 9.96. The topological polar surface area (TPSA) is 69.2 Å². The number of rotatable bonds is 8. The number of nitrogens with zero attached hydrogens (tertiary/aromatic N) is 3. The van der Waals surface area contributed by atoms with Crippen LogP contribution in [0.4, 0.5) is 0 Å². The first kappa shape index (κ1) is 26.7. The van der Waals surface area contributed by atoms with E-state index in [4.69, 9.17) is 4.74 Å². The number of halogens is 1. The van der Waals surface area contributed by atoms with Crippen molar-refractivity contribution < 1.29 is 9.53 Å². The fourth-order valence-corrected chi connectivity index (χ4v) is 4.51. The van der Waals surface area contributed by atoms with Crippen LogP contribution in [0.15, 0.2) is 29.3 Å². The van der Waals surface area contributed by atoms with Crippen LogP contribution in [0, 0.1) is 0 Å². The van der Waals surface area contributed by atoms with Gasteiger partial charge in [-0.3, -0.25) is 9.69 Å². The summed E-state index contributed by atoms with van der Waals surface area (Å²) in [4.78, 5) is 20.9. The Kier molecular flexibility index (Phi) is 11.6. The minimum Gasteiger partial charge on any atom is -0.496 e. The van der Waals surface area contributed by atoms with E-state index >= 15 is 0 Å². The molecule has 0 radical (unpaired) electrons. The van der Waals surface area contributed by atoms with E-state index in [1.165, 1.54) is 37.7 Å². The molecular formula is C24H40IN5O2. The Labute approximate surface area is 210 Å². The summed E-state index contributed by atoms with van der Waals surface area (Å²) in [6.07, 6.45) is 8.57. The summed E-state index contributed by atoms with van der Waals surface area (Å²) in [6.45, 7) is 3.05. The smallest absolute Gasteiger partial charge is 0.243 e. The SMILES string of the molecule is COc1ccccc1C(CNC(=NCC(=O)N(C)C)NC1CCCCC1)N1CCCC1.I. The zero-order valence-corrected chi connectivity index (χ0v) is 22.1. The van der Waals surface area contributed by atoms with Crippen molar-refractivity contribution in [3.05, 3.63) is 29.8 Å². The highest BCUT2D eigenvalue weighted by Gasteiger charge is 2.26. The molecule has 1 aromatic rings. The maximum Gasteiger partial charge on any atom is 0.243 e. The molecule has 32 heavy (non-hydrogen) atoms. The second-order valence-corrected chi connectivity index (χ2v) is 8.81. The van der Waals surface area contributed by atoms with Gasteiger partial charge in [0.25, 0.3) is 0 Å². The van der Waals surface area contributed by atoms with Crippen LogP contribution >= 0.6 is 24.0 Å². The third-order valence-corrected chi connectivity index (χ3v) is 6.36. The molecule has 1 aliphatic heterocycles. The molecular weight excluding hydrogens is 517 g/mol. The number of nitrogens with one attached hydrogen (secondary N) is 2. The molecule has 3 rings (SSSR count). The summed E-state index contributed by atoms with van der Waals surface area (Å²) < 4.78 is 5.67. The van der Waals surface area contributed by atoms with E-state index in [2.05, 4.69) is 32.7 Å². The first-order chi connectivity index (χ1) is 15.1. The molecule has 8 heteroatoms. The lowest BCUT2D eigenvalue weighted by Crippen LogP contribution is -2.47. The highest BCUT2D eigenvalue weighted by molar-refractivity contribution is 14.0. The number of aliphatic imine (C=N–C) groups is 1. The zero-order valence-electron chi connectivity index (χ0n) is 19.8. The first-order valence-electron chi connectivity index (χ1n) is 11.7. The predicted octanol–water partition coefficient (Wildman–Crippen LogP) is 3.41. The van der Waals surface area contributed by atoms with Crippen molar-refractivity contribution in [1.29, 1.82) is 0 Å². The molecule has 0 aromatic heterocycles. The summed E-state index contributed by atoms with van der Waals surface area (Å²) in [5.74, 6) is 1.66. The van der Waals surface area contributed by atoms with E-state index in [0.29, 0.717) is 6.04 Å². The fraction of sp³-hybridized carbons (Fsp3) is 0.667. The average molecular weight is 558 g/mol. The van der Waals surface area contributed by atoms with Gasteiger partial charge in [-0.15, -0.1) is 24.0 Å². The van der Waals surface area contributed by atoms with Gasteiger partial charge in [-0.2, -0.15) is 0 Å². The second-order valence-electron chi connectivity index (χ2n) is 8.81. The number of ether oxygens (including phenoxy) is 1. The van der Waals surface area contributed by atoms with Gasteiger partial charge in [-0.1, -0.05) is 37.5 Å². The fourth-order valence-electron chi connectivity index (χ4n) is 4.51. The van der Waals surface area contributed by atoms with Crippen LogP contribution < -0.4 is 15.4 Å². The standard InChI is InChI=1S/C24H39N5O2.HI/c1-28(2)23(30)18-26-24(27-19-11-5-4-6-12-19)25-17-21(29-15-9-10-16-29)20-13-7-8-14-22(20)31-3;/h7-8,13-14,19,21H,4-6,9-12,15-18H2,1-3H3,(H2,25,26,27);1H. The summed E-state index contributed by atoms with van der Waals surface area (Å²) in [6, 6.07) is 8.90. The van der Waals surface area contributed by atoms with Crippen LogP contribution in [-0.2, 0) is 4.79 Å². The number of hydrogen-bond donors (Lipinski definition) is 2. The van der Waals surface area contributed by atoms with E-state index < -0.39 is 0 Å². The monoisotopic (exact) mass is 557 g/mol. The molecule has 1 saturated carbocycles. The van der Waals surface area contributed by atoms with Crippen molar-refractivity contribution >= 4 is 35.8 Å². The molecule has 1 aromatic carbocycles. The average Bonchev–Trinajstić information content (AvgIpc) is 3.32. The van der Waals surface area contributed by atoms with E-state index in [1.54, 1.807) is 26.1 Å². The number of likely N-dealkylation sites (tertiary alicyclic amines) is 1. The van der Waals surface area contributed by atoms with E-state index in [0.717, 1.165) is 44.2 Å². The van der Waals surface area contributed by atoms with Gasteiger partial charge in [0, 0.05) is 32.2 Å². The maximum atomic E-state index is 12.1. The molecule has 0 spiro atoms. The van der Waals surface area contributed by atoms with Gasteiger partial charge < -0.3 is 20.3 Å². The van der Waals surface area contributed by atoms with Crippen LogP contribution in [0.25, 0.3) is 0 Å². The molecule has 1 amide bonds. The van der Waals surface area contributed by atoms with Gasteiger partial charge in [0.05, 0.1) is 13.2 Å². The Bertz CT molecular complexity index is 731. The molecule has 1 saturated heterocycles. The molecule has 180 valence electrons. The molecule has 1 atom stereocenters. The van der Waals surface area contributed by atoms with Crippen LogP contribution in [0.2, 0.25) is 0 Å². The Morgan fingerprint density at radius 2 is 1.84 bits per heavy atom. The van der Waals surface area contributed by atoms with Gasteiger partial charge in [0.15, 0.2) is 5.96 Å². The molecule has 1 unspecified atom stereocenters. The van der Waals surface area contributed by atoms with Crippen molar-refractivity contribution in [3.8, 4) is 5.75 Å². The molecule has 1 aliphatic carbocycles. The van der Waals surface area contributed by atoms with Crippen molar-refractivity contribution in [3.63, 3.8) is 0 Å². The summed E-state index contributed by atoms with van der Waals surface area (Å²) in [7, 11) is 5.27. The molecule has 2 aliphatic rings. The van der Waals surface area contributed by atoms with Crippen LogP contribution in [0.1, 0.15) is 56.6 Å². The number of carbonyl (C=O) groups excluding carboxylic acids is 1. The summed E-state index contributed by atoms with van der Waals surface area (Å²) in [5.41, 5.74) is 1.20. The minimum atomic E-state index is 0. The number of carbonyl (C=O) groups is 1. The Morgan fingerprint density at radius 3 is 2.50 bits per heavy atom. The summed E-state index contributed by atoms with van der Waals surface area (Å²) >= 11 is 0. The maximum absolute atomic E-state index is 12.1. The lowest BCUT2D eigenvalue weighted by Gasteiger charge is -2.31. The molecule has 1 heterocycles.